The van der Waals surface area contributed by atoms with E-state index in [1.165, 1.54) is 12.3 Å². The normalized spacial score (nSPS) is 31.1. The molecule has 3 fully saturated rings. The van der Waals surface area contributed by atoms with E-state index >= 15 is 4.39 Å². The van der Waals surface area contributed by atoms with Crippen LogP contribution in [0.3, 0.4) is 0 Å². The van der Waals surface area contributed by atoms with Crippen LogP contribution in [-0.2, 0) is 24.5 Å². The molecule has 42 heavy (non-hydrogen) atoms. The maximum Gasteiger partial charge on any atom is 0.246 e. The van der Waals surface area contributed by atoms with Crippen LogP contribution in [0.2, 0.25) is 10.2 Å². The summed E-state index contributed by atoms with van der Waals surface area (Å²) >= 11 is 12.5. The van der Waals surface area contributed by atoms with Gasteiger partial charge in [0.2, 0.25) is 17.7 Å². The Balaban J connectivity index is 1.49. The molecule has 6 rings (SSSR count). The molecule has 1 aromatic carbocycles. The van der Waals surface area contributed by atoms with Gasteiger partial charge in [0.25, 0.3) is 0 Å². The summed E-state index contributed by atoms with van der Waals surface area (Å²) in [5, 5.41) is 9.81. The number of benzene rings is 1. The van der Waals surface area contributed by atoms with Gasteiger partial charge in [0.15, 0.2) is 11.0 Å². The first-order chi connectivity index (χ1) is 19.9. The van der Waals surface area contributed by atoms with E-state index in [0.29, 0.717) is 42.0 Å². The minimum atomic E-state index is -1.35. The molecule has 4 aliphatic rings. The second-order valence-corrected chi connectivity index (χ2v) is 13.6. The van der Waals surface area contributed by atoms with Gasteiger partial charge in [0, 0.05) is 28.4 Å². The number of ether oxygens (including phenoxy) is 1. The van der Waals surface area contributed by atoms with Gasteiger partial charge in [-0.15, -0.1) is 0 Å². The second kappa shape index (κ2) is 10.4. The molecule has 0 bridgehead atoms. The van der Waals surface area contributed by atoms with Gasteiger partial charge in [-0.25, -0.2) is 9.37 Å². The molecule has 0 radical (unpaired) electrons. The lowest BCUT2D eigenvalue weighted by molar-refractivity contribution is -0.134. The van der Waals surface area contributed by atoms with Gasteiger partial charge in [-0.2, -0.15) is 0 Å². The standard InChI is InChI=1S/C30H34Cl2FN5O4/c1-28(2)8-10-29(11-9-28)30(18-5-3-15(31)13-19(18)37-27(30)41)21(17-7-12-35-24(32)22(17)33)23(38-29)26(40)36-16-4-6-20(25(34)39)42-14-16/h3,5,7,12-13,16,20-21,23,38H,4,6,8-11,14H2,1-2H3,(H2,34,39)(H,36,40)(H,37,41)/t16-,20+,21+,23+,30-/m1/s1. The van der Waals surface area contributed by atoms with Crippen LogP contribution in [0.1, 0.15) is 69.4 Å². The number of carbonyl (C=O) groups excluding carboxylic acids is 3. The maximum atomic E-state index is 16.0. The molecule has 0 unspecified atom stereocenters. The molecule has 2 saturated heterocycles. The van der Waals surface area contributed by atoms with Crippen molar-refractivity contribution in [2.75, 3.05) is 11.9 Å². The summed E-state index contributed by atoms with van der Waals surface area (Å²) in [4.78, 5) is 44.2. The topological polar surface area (TPSA) is 135 Å². The molecular formula is C30H34Cl2FN5O4. The number of nitrogens with zero attached hydrogens (tertiary/aromatic N) is 1. The molecule has 224 valence electrons. The van der Waals surface area contributed by atoms with Crippen LogP contribution in [0.4, 0.5) is 10.1 Å². The molecule has 4 heterocycles. The van der Waals surface area contributed by atoms with Crippen molar-refractivity contribution in [2.24, 2.45) is 11.1 Å². The van der Waals surface area contributed by atoms with Crippen molar-refractivity contribution < 1.29 is 23.5 Å². The smallest absolute Gasteiger partial charge is 0.246 e. The Labute approximate surface area is 253 Å². The first kappa shape index (κ1) is 29.3. The maximum absolute atomic E-state index is 16.0. The van der Waals surface area contributed by atoms with Crippen LogP contribution >= 0.6 is 23.2 Å². The minimum absolute atomic E-state index is 0.0312. The number of carbonyl (C=O) groups is 3. The zero-order valence-corrected chi connectivity index (χ0v) is 24.9. The summed E-state index contributed by atoms with van der Waals surface area (Å²) in [7, 11) is 0. The van der Waals surface area contributed by atoms with Gasteiger partial charge in [-0.1, -0.05) is 43.1 Å². The number of hydrogen-bond acceptors (Lipinski definition) is 6. The highest BCUT2D eigenvalue weighted by atomic mass is 35.5. The number of nitrogens with one attached hydrogen (secondary N) is 3. The third-order valence-corrected chi connectivity index (χ3v) is 10.4. The number of aromatic nitrogens is 1. The monoisotopic (exact) mass is 617 g/mol. The van der Waals surface area contributed by atoms with Gasteiger partial charge in [-0.05, 0) is 73.3 Å². The van der Waals surface area contributed by atoms with Crippen molar-refractivity contribution >= 4 is 46.6 Å². The Hall–Kier alpha value is -2.79. The van der Waals surface area contributed by atoms with Gasteiger partial charge in [0.05, 0.1) is 18.7 Å². The van der Waals surface area contributed by atoms with E-state index in [1.54, 1.807) is 12.1 Å². The van der Waals surface area contributed by atoms with Crippen molar-refractivity contribution in [1.82, 2.24) is 15.6 Å². The highest BCUT2D eigenvalue weighted by Crippen LogP contribution is 2.64. The van der Waals surface area contributed by atoms with Crippen molar-refractivity contribution in [3.8, 4) is 0 Å². The number of primary amides is 1. The Morgan fingerprint density at radius 2 is 1.88 bits per heavy atom. The molecule has 1 aliphatic carbocycles. The number of rotatable bonds is 4. The number of fused-ring (bicyclic) bond motifs is 3. The van der Waals surface area contributed by atoms with E-state index < -0.39 is 46.6 Å². The lowest BCUT2D eigenvalue weighted by Gasteiger charge is -2.50. The quantitative estimate of drug-likeness (QED) is 0.384. The van der Waals surface area contributed by atoms with Crippen molar-refractivity contribution in [3.05, 3.63) is 57.6 Å². The molecule has 5 N–H and O–H groups in total. The molecule has 12 heteroatoms. The molecule has 9 nitrogen and oxygen atoms in total. The summed E-state index contributed by atoms with van der Waals surface area (Å²) in [5.41, 5.74) is 4.54. The van der Waals surface area contributed by atoms with Gasteiger partial charge >= 0.3 is 0 Å². The van der Waals surface area contributed by atoms with E-state index in [-0.39, 0.29) is 34.7 Å². The Morgan fingerprint density at radius 3 is 2.55 bits per heavy atom. The molecule has 1 aromatic heterocycles. The molecule has 1 saturated carbocycles. The number of nitrogens with two attached hydrogens (primary N) is 1. The van der Waals surface area contributed by atoms with E-state index in [9.17, 15) is 14.4 Å². The number of hydrogen-bond donors (Lipinski definition) is 4. The van der Waals surface area contributed by atoms with Crippen LogP contribution in [0.5, 0.6) is 0 Å². The highest BCUT2D eigenvalue weighted by Gasteiger charge is 2.73. The number of pyridine rings is 1. The molecule has 5 atom stereocenters. The summed E-state index contributed by atoms with van der Waals surface area (Å²) in [6, 6.07) is 5.34. The van der Waals surface area contributed by atoms with Crippen LogP contribution in [0.25, 0.3) is 0 Å². The lowest BCUT2D eigenvalue weighted by Crippen LogP contribution is -2.61. The molecular weight excluding hydrogens is 584 g/mol. The average molecular weight is 619 g/mol. The van der Waals surface area contributed by atoms with Crippen LogP contribution < -0.4 is 21.7 Å². The second-order valence-electron chi connectivity index (χ2n) is 12.8. The van der Waals surface area contributed by atoms with Crippen molar-refractivity contribution in [3.63, 3.8) is 0 Å². The minimum Gasteiger partial charge on any atom is -0.367 e. The Morgan fingerprint density at radius 1 is 1.14 bits per heavy atom. The average Bonchev–Trinajstić information content (AvgIpc) is 3.40. The fraction of sp³-hybridized carbons (Fsp3) is 0.533. The van der Waals surface area contributed by atoms with E-state index in [4.69, 9.17) is 33.7 Å². The number of amides is 3. The number of halogens is 3. The van der Waals surface area contributed by atoms with Crippen molar-refractivity contribution in [2.45, 2.75) is 87.4 Å². The third kappa shape index (κ3) is 4.49. The Kier molecular flexibility index (Phi) is 7.28. The van der Waals surface area contributed by atoms with Crippen LogP contribution in [-0.4, -0.2) is 53.0 Å². The first-order valence-electron chi connectivity index (χ1n) is 14.3. The summed E-state index contributed by atoms with van der Waals surface area (Å²) in [6.07, 6.45) is 4.31. The van der Waals surface area contributed by atoms with Gasteiger partial charge in [0.1, 0.15) is 11.5 Å². The molecule has 2 aromatic rings. The third-order valence-electron chi connectivity index (χ3n) is 9.89. The number of anilines is 1. The predicted molar refractivity (Wildman–Crippen MR) is 156 cm³/mol. The zero-order chi connectivity index (χ0) is 30.0. The summed E-state index contributed by atoms with van der Waals surface area (Å²) < 4.78 is 21.6. The Bertz CT molecular complexity index is 1450. The van der Waals surface area contributed by atoms with Crippen LogP contribution in [0, 0.1) is 11.2 Å². The van der Waals surface area contributed by atoms with E-state index in [2.05, 4.69) is 34.8 Å². The lowest BCUT2D eigenvalue weighted by atomic mass is 9.53. The van der Waals surface area contributed by atoms with Gasteiger partial charge < -0.3 is 21.1 Å². The molecule has 3 amide bonds. The summed E-state index contributed by atoms with van der Waals surface area (Å²) in [6.45, 7) is 4.49. The summed E-state index contributed by atoms with van der Waals surface area (Å²) in [5.74, 6) is -2.99. The first-order valence-corrected chi connectivity index (χ1v) is 15.0. The SMILES string of the molecule is CC1(C)CCC2(CC1)N[C@H](C(=O)N[C@@H]1CC[C@@H](C(N)=O)OC1)[C@H](c1ccnc(Cl)c1F)[C@]21C(=O)Nc2cc(Cl)ccc21. The fourth-order valence-electron chi connectivity index (χ4n) is 7.71. The fourth-order valence-corrected chi connectivity index (χ4v) is 8.05. The van der Waals surface area contributed by atoms with Crippen molar-refractivity contribution in [1.29, 1.82) is 0 Å². The largest absolute Gasteiger partial charge is 0.367 e. The highest BCUT2D eigenvalue weighted by molar-refractivity contribution is 6.31. The van der Waals surface area contributed by atoms with E-state index in [1.807, 2.05) is 6.07 Å². The van der Waals surface area contributed by atoms with Crippen LogP contribution in [0.15, 0.2) is 30.5 Å². The zero-order valence-electron chi connectivity index (χ0n) is 23.4. The predicted octanol–water partition coefficient (Wildman–Crippen LogP) is 3.96. The molecule has 3 aliphatic heterocycles. The molecule has 2 spiro atoms. The van der Waals surface area contributed by atoms with E-state index in [0.717, 1.165) is 12.8 Å². The van der Waals surface area contributed by atoms with Gasteiger partial charge in [-0.3, -0.25) is 19.7 Å².